The van der Waals surface area contributed by atoms with Gasteiger partial charge in [0, 0.05) is 10.6 Å². The van der Waals surface area contributed by atoms with E-state index in [-0.39, 0.29) is 5.56 Å². The maximum absolute atomic E-state index is 13.4. The number of nitrogens with zero attached hydrogens (tertiary/aromatic N) is 2. The molecule has 5 heteroatoms. The summed E-state index contributed by atoms with van der Waals surface area (Å²) in [5.74, 6) is 0.968. The first-order valence-corrected chi connectivity index (χ1v) is 10.4. The Morgan fingerprint density at radius 1 is 1.21 bits per heavy atom. The standard InChI is InChI=1S/C19H20N2OS2/c1-2-12-23-19-20-17-16(14-10-6-7-11-15(14)24-17)18(22)21(19)13-8-4-3-5-9-13/h3-5,8-9H,2,6-7,10-12H2,1H3. The third-order valence-electron chi connectivity index (χ3n) is 4.41. The molecule has 0 unspecified atom stereocenters. The van der Waals surface area contributed by atoms with Gasteiger partial charge in [0.2, 0.25) is 0 Å². The molecule has 0 fully saturated rings. The molecule has 0 atom stereocenters. The molecular weight excluding hydrogens is 336 g/mol. The number of aromatic nitrogens is 2. The molecule has 0 aliphatic heterocycles. The Kier molecular flexibility index (Phi) is 4.46. The molecule has 0 amide bonds. The van der Waals surface area contributed by atoms with Gasteiger partial charge in [-0.1, -0.05) is 36.9 Å². The Hall–Kier alpha value is -1.59. The van der Waals surface area contributed by atoms with Gasteiger partial charge in [0.05, 0.1) is 11.1 Å². The largest absolute Gasteiger partial charge is 0.268 e. The SMILES string of the molecule is CCCSc1nc2sc3c(c2c(=O)n1-c1ccccc1)CCCC3. The predicted octanol–water partition coefficient (Wildman–Crippen LogP) is 4.83. The number of hydrogen-bond acceptors (Lipinski definition) is 4. The van der Waals surface area contributed by atoms with E-state index < -0.39 is 0 Å². The number of fused-ring (bicyclic) bond motifs is 3. The lowest BCUT2D eigenvalue weighted by Crippen LogP contribution is -2.22. The first kappa shape index (κ1) is 15.9. The molecule has 0 bridgehead atoms. The van der Waals surface area contributed by atoms with Gasteiger partial charge in [0.1, 0.15) is 4.83 Å². The van der Waals surface area contributed by atoms with Crippen LogP contribution < -0.4 is 5.56 Å². The van der Waals surface area contributed by atoms with Crippen LogP contribution in [0.15, 0.2) is 40.3 Å². The van der Waals surface area contributed by atoms with E-state index in [0.29, 0.717) is 0 Å². The van der Waals surface area contributed by atoms with Crippen molar-refractivity contribution < 1.29 is 0 Å². The summed E-state index contributed by atoms with van der Waals surface area (Å²) in [7, 11) is 0. The smallest absolute Gasteiger partial charge is 0.267 e. The second-order valence-corrected chi connectivity index (χ2v) is 8.26. The average Bonchev–Trinajstić information content (AvgIpc) is 2.99. The lowest BCUT2D eigenvalue weighted by molar-refractivity contribution is 0.699. The number of benzene rings is 1. The highest BCUT2D eigenvalue weighted by atomic mass is 32.2. The Bertz CT molecular complexity index is 928. The summed E-state index contributed by atoms with van der Waals surface area (Å²) in [6.45, 7) is 2.15. The predicted molar refractivity (Wildman–Crippen MR) is 103 cm³/mol. The first-order valence-electron chi connectivity index (χ1n) is 8.55. The minimum absolute atomic E-state index is 0.101. The minimum atomic E-state index is 0.101. The van der Waals surface area contributed by atoms with Gasteiger partial charge in [-0.25, -0.2) is 4.98 Å². The summed E-state index contributed by atoms with van der Waals surface area (Å²) in [6.07, 6.45) is 5.58. The lowest BCUT2D eigenvalue weighted by atomic mass is 9.97. The molecule has 2 aromatic heterocycles. The number of hydrogen-bond donors (Lipinski definition) is 0. The summed E-state index contributed by atoms with van der Waals surface area (Å²) in [4.78, 5) is 20.6. The van der Waals surface area contributed by atoms with Crippen LogP contribution in [0.1, 0.15) is 36.6 Å². The number of thioether (sulfide) groups is 1. The van der Waals surface area contributed by atoms with Crippen molar-refractivity contribution in [2.45, 2.75) is 44.2 Å². The molecule has 1 aliphatic rings. The van der Waals surface area contributed by atoms with Crippen molar-refractivity contribution in [2.75, 3.05) is 5.75 Å². The van der Waals surface area contributed by atoms with E-state index in [1.165, 1.54) is 23.3 Å². The van der Waals surface area contributed by atoms with Crippen LogP contribution >= 0.6 is 23.1 Å². The third kappa shape index (κ3) is 2.70. The molecule has 3 aromatic rings. The Morgan fingerprint density at radius 3 is 2.79 bits per heavy atom. The van der Waals surface area contributed by atoms with Crippen molar-refractivity contribution in [3.63, 3.8) is 0 Å². The van der Waals surface area contributed by atoms with Crippen molar-refractivity contribution in [1.82, 2.24) is 9.55 Å². The fourth-order valence-electron chi connectivity index (χ4n) is 3.28. The summed E-state index contributed by atoms with van der Waals surface area (Å²) >= 11 is 3.40. The van der Waals surface area contributed by atoms with Crippen LogP contribution in [0.2, 0.25) is 0 Å². The Labute approximate surface area is 149 Å². The third-order valence-corrected chi connectivity index (χ3v) is 6.74. The number of thiophene rings is 1. The fraction of sp³-hybridized carbons (Fsp3) is 0.368. The van der Waals surface area contributed by atoms with Gasteiger partial charge in [-0.05, 0) is 49.8 Å². The van der Waals surface area contributed by atoms with E-state index in [9.17, 15) is 4.79 Å². The van der Waals surface area contributed by atoms with E-state index in [4.69, 9.17) is 4.98 Å². The van der Waals surface area contributed by atoms with Gasteiger partial charge in [0.15, 0.2) is 5.16 Å². The van der Waals surface area contributed by atoms with Crippen molar-refractivity contribution in [3.8, 4) is 5.69 Å². The molecule has 1 aromatic carbocycles. The maximum Gasteiger partial charge on any atom is 0.267 e. The Morgan fingerprint density at radius 2 is 2.00 bits per heavy atom. The summed E-state index contributed by atoms with van der Waals surface area (Å²) in [6, 6.07) is 9.91. The molecule has 4 rings (SSSR count). The van der Waals surface area contributed by atoms with Crippen molar-refractivity contribution in [2.24, 2.45) is 0 Å². The zero-order valence-electron chi connectivity index (χ0n) is 13.7. The van der Waals surface area contributed by atoms with Crippen LogP contribution in [-0.4, -0.2) is 15.3 Å². The monoisotopic (exact) mass is 356 g/mol. The second kappa shape index (κ2) is 6.73. The molecule has 2 heterocycles. The van der Waals surface area contributed by atoms with Gasteiger partial charge in [-0.3, -0.25) is 9.36 Å². The number of rotatable bonds is 4. The van der Waals surface area contributed by atoms with Gasteiger partial charge < -0.3 is 0 Å². The van der Waals surface area contributed by atoms with Crippen LogP contribution in [0.5, 0.6) is 0 Å². The lowest BCUT2D eigenvalue weighted by Gasteiger charge is -2.13. The first-order chi connectivity index (χ1) is 11.8. The molecular formula is C19H20N2OS2. The zero-order chi connectivity index (χ0) is 16.5. The molecule has 0 saturated carbocycles. The molecule has 0 N–H and O–H groups in total. The summed E-state index contributed by atoms with van der Waals surface area (Å²) < 4.78 is 1.81. The van der Waals surface area contributed by atoms with Gasteiger partial charge in [-0.2, -0.15) is 0 Å². The van der Waals surface area contributed by atoms with Crippen LogP contribution in [0.25, 0.3) is 15.9 Å². The van der Waals surface area contributed by atoms with E-state index >= 15 is 0 Å². The van der Waals surface area contributed by atoms with Gasteiger partial charge in [-0.15, -0.1) is 11.3 Å². The molecule has 124 valence electrons. The molecule has 24 heavy (non-hydrogen) atoms. The van der Waals surface area contributed by atoms with Crippen molar-refractivity contribution in [3.05, 3.63) is 51.1 Å². The second-order valence-electron chi connectivity index (χ2n) is 6.11. The highest BCUT2D eigenvalue weighted by Gasteiger charge is 2.22. The van der Waals surface area contributed by atoms with E-state index in [1.807, 2.05) is 34.9 Å². The highest BCUT2D eigenvalue weighted by Crippen LogP contribution is 2.35. The molecule has 0 saturated heterocycles. The van der Waals surface area contributed by atoms with Crippen LogP contribution in [0, 0.1) is 0 Å². The highest BCUT2D eigenvalue weighted by molar-refractivity contribution is 7.99. The Balaban J connectivity index is 2.00. The van der Waals surface area contributed by atoms with Gasteiger partial charge >= 0.3 is 0 Å². The average molecular weight is 357 g/mol. The number of para-hydroxylation sites is 1. The molecule has 0 radical (unpaired) electrons. The van der Waals surface area contributed by atoms with Crippen LogP contribution in [0.4, 0.5) is 0 Å². The molecule has 0 spiro atoms. The van der Waals surface area contributed by atoms with E-state index in [2.05, 4.69) is 6.92 Å². The van der Waals surface area contributed by atoms with Crippen LogP contribution in [-0.2, 0) is 12.8 Å². The topological polar surface area (TPSA) is 34.9 Å². The minimum Gasteiger partial charge on any atom is -0.268 e. The fourth-order valence-corrected chi connectivity index (χ4v) is 5.45. The van der Waals surface area contributed by atoms with E-state index in [1.54, 1.807) is 23.1 Å². The van der Waals surface area contributed by atoms with E-state index in [0.717, 1.165) is 46.1 Å². The zero-order valence-corrected chi connectivity index (χ0v) is 15.4. The van der Waals surface area contributed by atoms with Crippen molar-refractivity contribution >= 4 is 33.3 Å². The summed E-state index contributed by atoms with van der Waals surface area (Å²) in [5, 5.41) is 1.68. The quantitative estimate of drug-likeness (QED) is 0.496. The maximum atomic E-state index is 13.4. The summed E-state index contributed by atoms with van der Waals surface area (Å²) in [5.41, 5.74) is 2.27. The molecule has 1 aliphatic carbocycles. The number of aryl methyl sites for hydroxylation is 2. The molecule has 3 nitrogen and oxygen atoms in total. The normalized spacial score (nSPS) is 14.0. The van der Waals surface area contributed by atoms with Crippen LogP contribution in [0.3, 0.4) is 0 Å². The van der Waals surface area contributed by atoms with Crippen molar-refractivity contribution in [1.29, 1.82) is 0 Å². The van der Waals surface area contributed by atoms with Gasteiger partial charge in [0.25, 0.3) is 5.56 Å².